The smallest absolute Gasteiger partial charge is 0.155 e. The highest BCUT2D eigenvalue weighted by Crippen LogP contribution is 2.31. The van der Waals surface area contributed by atoms with E-state index in [9.17, 15) is 8.78 Å². The van der Waals surface area contributed by atoms with Crippen LogP contribution in [0.4, 0.5) is 8.78 Å². The third-order valence-electron chi connectivity index (χ3n) is 4.25. The molecule has 0 spiro atoms. The molecule has 31 heavy (non-hydrogen) atoms. The molecule has 0 radical (unpaired) electrons. The SMILES string of the molecule is C/C=C\SC(=C(C)C)c1cc(CC)c(C)nn1.Fc1ccc(Cl)c(F)c1-c1ncc[nH]1. The number of H-pyrrole nitrogens is 1. The molecule has 0 aliphatic rings. The predicted molar refractivity (Wildman–Crippen MR) is 126 cm³/mol. The topological polar surface area (TPSA) is 54.5 Å². The Morgan fingerprint density at radius 1 is 1.23 bits per heavy atom. The van der Waals surface area contributed by atoms with Crippen molar-refractivity contribution >= 4 is 28.3 Å². The van der Waals surface area contributed by atoms with Crippen molar-refractivity contribution in [2.45, 2.75) is 41.0 Å². The molecule has 0 fully saturated rings. The van der Waals surface area contributed by atoms with Crippen LogP contribution in [0.3, 0.4) is 0 Å². The molecule has 3 aromatic rings. The van der Waals surface area contributed by atoms with Crippen LogP contribution in [0, 0.1) is 18.6 Å². The van der Waals surface area contributed by atoms with Crippen molar-refractivity contribution < 1.29 is 8.78 Å². The van der Waals surface area contributed by atoms with Crippen molar-refractivity contribution in [3.8, 4) is 11.4 Å². The molecule has 164 valence electrons. The zero-order chi connectivity index (χ0) is 23.0. The Balaban J connectivity index is 0.000000224. The number of nitrogens with zero attached hydrogens (tertiary/aromatic N) is 3. The average molecular weight is 463 g/mol. The lowest BCUT2D eigenvalue weighted by molar-refractivity contribution is 0.588. The van der Waals surface area contributed by atoms with Crippen LogP contribution in [0.25, 0.3) is 16.3 Å². The number of benzene rings is 1. The number of rotatable bonds is 5. The Morgan fingerprint density at radius 2 is 1.97 bits per heavy atom. The van der Waals surface area contributed by atoms with E-state index in [4.69, 9.17) is 11.6 Å². The normalized spacial score (nSPS) is 10.7. The van der Waals surface area contributed by atoms with E-state index in [0.717, 1.165) is 23.9 Å². The number of thioether (sulfide) groups is 1. The molecular formula is C23H25ClF2N4S. The quantitative estimate of drug-likeness (QED) is 0.402. The highest BCUT2D eigenvalue weighted by atomic mass is 35.5. The zero-order valence-corrected chi connectivity index (χ0v) is 19.7. The number of halogens is 3. The highest BCUT2D eigenvalue weighted by Gasteiger charge is 2.16. The molecule has 0 bridgehead atoms. The average Bonchev–Trinajstić information content (AvgIpc) is 3.27. The third kappa shape index (κ3) is 6.48. The second kappa shape index (κ2) is 11.8. The number of aryl methyl sites for hydroxylation is 2. The van der Waals surface area contributed by atoms with Gasteiger partial charge in [-0.1, -0.05) is 41.9 Å². The number of hydrogen-bond donors (Lipinski definition) is 1. The van der Waals surface area contributed by atoms with Gasteiger partial charge in [0.1, 0.15) is 11.6 Å². The van der Waals surface area contributed by atoms with E-state index < -0.39 is 11.6 Å². The maximum Gasteiger partial charge on any atom is 0.155 e. The van der Waals surface area contributed by atoms with E-state index in [1.165, 1.54) is 34.5 Å². The van der Waals surface area contributed by atoms with Gasteiger partial charge < -0.3 is 4.98 Å². The minimum Gasteiger partial charge on any atom is -0.344 e. The second-order valence-electron chi connectivity index (χ2n) is 6.77. The third-order valence-corrected chi connectivity index (χ3v) is 5.81. The largest absolute Gasteiger partial charge is 0.344 e. The summed E-state index contributed by atoms with van der Waals surface area (Å²) in [5, 5.41) is 10.5. The Morgan fingerprint density at radius 3 is 2.55 bits per heavy atom. The first-order chi connectivity index (χ1) is 14.8. The van der Waals surface area contributed by atoms with E-state index in [1.54, 1.807) is 11.8 Å². The lowest BCUT2D eigenvalue weighted by Crippen LogP contribution is -1.98. The molecule has 8 heteroatoms. The van der Waals surface area contributed by atoms with E-state index in [0.29, 0.717) is 0 Å². The van der Waals surface area contributed by atoms with Crippen molar-refractivity contribution in [2.24, 2.45) is 0 Å². The molecule has 0 atom stereocenters. The summed E-state index contributed by atoms with van der Waals surface area (Å²) in [5.41, 5.74) is 4.32. The maximum absolute atomic E-state index is 13.4. The molecule has 0 saturated carbocycles. The Bertz CT molecular complexity index is 1080. The number of hydrogen-bond acceptors (Lipinski definition) is 4. The van der Waals surface area contributed by atoms with E-state index >= 15 is 0 Å². The van der Waals surface area contributed by atoms with Crippen LogP contribution in [0.2, 0.25) is 5.02 Å². The van der Waals surface area contributed by atoms with Gasteiger partial charge in [0.05, 0.1) is 22.0 Å². The zero-order valence-electron chi connectivity index (χ0n) is 18.1. The van der Waals surface area contributed by atoms with Gasteiger partial charge in [0, 0.05) is 17.3 Å². The predicted octanol–water partition coefficient (Wildman–Crippen LogP) is 7.37. The summed E-state index contributed by atoms with van der Waals surface area (Å²) >= 11 is 7.22. The number of aromatic amines is 1. The minimum absolute atomic E-state index is 0.127. The molecule has 4 nitrogen and oxygen atoms in total. The summed E-state index contributed by atoms with van der Waals surface area (Å²) in [4.78, 5) is 7.57. The van der Waals surface area contributed by atoms with Crippen molar-refractivity contribution in [2.75, 3.05) is 0 Å². The molecular weight excluding hydrogens is 438 g/mol. The molecule has 1 N–H and O–H groups in total. The fraction of sp³-hybridized carbons (Fsp3) is 0.261. The van der Waals surface area contributed by atoms with Crippen LogP contribution in [-0.2, 0) is 6.42 Å². The van der Waals surface area contributed by atoms with Gasteiger partial charge in [-0.25, -0.2) is 13.8 Å². The number of nitrogens with one attached hydrogen (secondary N) is 1. The summed E-state index contributed by atoms with van der Waals surface area (Å²) in [6, 6.07) is 4.42. The van der Waals surface area contributed by atoms with Crippen molar-refractivity contribution in [1.29, 1.82) is 0 Å². The molecule has 3 rings (SSSR count). The van der Waals surface area contributed by atoms with Gasteiger partial charge in [-0.2, -0.15) is 5.10 Å². The van der Waals surface area contributed by atoms with E-state index in [2.05, 4.69) is 52.4 Å². The van der Waals surface area contributed by atoms with E-state index in [1.807, 2.05) is 19.9 Å². The number of allylic oxidation sites excluding steroid dienone is 2. The number of aromatic nitrogens is 4. The van der Waals surface area contributed by atoms with Gasteiger partial charge in [0.25, 0.3) is 0 Å². The van der Waals surface area contributed by atoms with Crippen LogP contribution < -0.4 is 0 Å². The highest BCUT2D eigenvalue weighted by molar-refractivity contribution is 8.10. The van der Waals surface area contributed by atoms with Crippen molar-refractivity contribution in [3.63, 3.8) is 0 Å². The first kappa shape index (κ1) is 24.8. The van der Waals surface area contributed by atoms with Crippen LogP contribution in [0.15, 0.2) is 47.6 Å². The lowest BCUT2D eigenvalue weighted by atomic mass is 10.1. The molecule has 0 saturated heterocycles. The molecule has 0 aliphatic heterocycles. The monoisotopic (exact) mass is 462 g/mol. The van der Waals surface area contributed by atoms with Gasteiger partial charge >= 0.3 is 0 Å². The van der Waals surface area contributed by atoms with Gasteiger partial charge in [0.15, 0.2) is 5.82 Å². The van der Waals surface area contributed by atoms with Crippen molar-refractivity contribution in [3.05, 3.63) is 81.3 Å². The molecule has 1 aromatic carbocycles. The summed E-state index contributed by atoms with van der Waals surface area (Å²) in [7, 11) is 0. The Hall–Kier alpha value is -2.51. The summed E-state index contributed by atoms with van der Waals surface area (Å²) < 4.78 is 26.6. The maximum atomic E-state index is 13.4. The van der Waals surface area contributed by atoms with Crippen LogP contribution in [-0.4, -0.2) is 20.2 Å². The van der Waals surface area contributed by atoms with Gasteiger partial charge in [0.2, 0.25) is 0 Å². The van der Waals surface area contributed by atoms with Gasteiger partial charge in [-0.15, -0.1) is 5.10 Å². The molecule has 0 unspecified atom stereocenters. The van der Waals surface area contributed by atoms with Crippen LogP contribution >= 0.6 is 23.4 Å². The van der Waals surface area contributed by atoms with Gasteiger partial charge in [-0.3, -0.25) is 0 Å². The summed E-state index contributed by atoms with van der Waals surface area (Å²) in [6.07, 6.45) is 5.93. The summed E-state index contributed by atoms with van der Waals surface area (Å²) in [5.74, 6) is -1.37. The van der Waals surface area contributed by atoms with E-state index in [-0.39, 0.29) is 16.4 Å². The second-order valence-corrected chi connectivity index (χ2v) is 8.09. The Labute approximate surface area is 190 Å². The molecule has 2 heterocycles. The van der Waals surface area contributed by atoms with Gasteiger partial charge in [-0.05, 0) is 63.3 Å². The number of imidazole rings is 1. The minimum atomic E-state index is -0.804. The fourth-order valence-electron chi connectivity index (χ4n) is 2.68. The standard InChI is InChI=1S/C14H20N2S.C9H5ClF2N2/c1-6-8-17-14(10(3)4)13-9-12(7-2)11(5)15-16-13;10-5-1-2-6(11)7(8(5)12)9-13-3-4-14-9/h6,8-9H,7H2,1-5H3;1-4H,(H,13,14)/b8-6-;. The summed E-state index contributed by atoms with van der Waals surface area (Å²) in [6.45, 7) is 10.4. The molecule has 0 aliphatic carbocycles. The van der Waals surface area contributed by atoms with Crippen LogP contribution in [0.1, 0.15) is 44.6 Å². The van der Waals surface area contributed by atoms with Crippen LogP contribution in [0.5, 0.6) is 0 Å². The lowest BCUT2D eigenvalue weighted by Gasteiger charge is -2.08. The molecule has 0 amide bonds. The first-order valence-electron chi connectivity index (χ1n) is 9.72. The van der Waals surface area contributed by atoms with Crippen molar-refractivity contribution in [1.82, 2.24) is 20.2 Å². The molecule has 2 aromatic heterocycles. The first-order valence-corrected chi connectivity index (χ1v) is 11.0. The Kier molecular flexibility index (Phi) is 9.40. The fourth-order valence-corrected chi connectivity index (χ4v) is 3.56.